The van der Waals surface area contributed by atoms with E-state index in [4.69, 9.17) is 39.9 Å². The predicted molar refractivity (Wildman–Crippen MR) is 72.3 cm³/mol. The molecule has 6 heteroatoms. The van der Waals surface area contributed by atoms with Crippen LogP contribution in [0.3, 0.4) is 0 Å². The Kier molecular flexibility index (Phi) is 3.97. The molecule has 0 aliphatic carbocycles. The Morgan fingerprint density at radius 3 is 2.11 bits per heavy atom. The van der Waals surface area contributed by atoms with Crippen LogP contribution in [0.15, 0.2) is 24.4 Å². The number of hydrogen-bond donors (Lipinski definition) is 2. The molecule has 18 heavy (non-hydrogen) atoms. The van der Waals surface area contributed by atoms with Crippen molar-refractivity contribution < 1.29 is 10.2 Å². The van der Waals surface area contributed by atoms with Gasteiger partial charge in [-0.3, -0.25) is 4.98 Å². The van der Waals surface area contributed by atoms with E-state index in [2.05, 4.69) is 4.98 Å². The molecule has 1 heterocycles. The third-order valence-corrected chi connectivity index (χ3v) is 3.61. The van der Waals surface area contributed by atoms with Crippen LogP contribution in [0.4, 0.5) is 0 Å². The second kappa shape index (κ2) is 5.33. The molecule has 1 aromatic heterocycles. The number of benzene rings is 1. The van der Waals surface area contributed by atoms with Gasteiger partial charge < -0.3 is 10.2 Å². The van der Waals surface area contributed by atoms with Gasteiger partial charge in [-0.1, -0.05) is 34.8 Å². The van der Waals surface area contributed by atoms with Crippen molar-refractivity contribution in [3.05, 3.63) is 45.2 Å². The molecule has 94 valence electrons. The summed E-state index contributed by atoms with van der Waals surface area (Å²) in [5, 5.41) is 19.5. The van der Waals surface area contributed by atoms with Crippen LogP contribution in [0.2, 0.25) is 15.1 Å². The smallest absolute Gasteiger partial charge is 0.140 e. The summed E-state index contributed by atoms with van der Waals surface area (Å²) in [6.07, 6.45) is 1.52. The minimum atomic E-state index is -0.325. The van der Waals surface area contributed by atoms with Crippen molar-refractivity contribution in [3.8, 4) is 16.9 Å². The van der Waals surface area contributed by atoms with Crippen molar-refractivity contribution in [3.63, 3.8) is 0 Å². The second-order valence-corrected chi connectivity index (χ2v) is 4.79. The van der Waals surface area contributed by atoms with Crippen molar-refractivity contribution in [2.75, 3.05) is 0 Å². The zero-order valence-electron chi connectivity index (χ0n) is 8.99. The molecular formula is C12H8Cl3NO2. The van der Waals surface area contributed by atoms with Gasteiger partial charge in [-0.05, 0) is 23.8 Å². The number of pyridine rings is 1. The normalized spacial score (nSPS) is 10.7. The van der Waals surface area contributed by atoms with Gasteiger partial charge >= 0.3 is 0 Å². The summed E-state index contributed by atoms with van der Waals surface area (Å²) < 4.78 is 0. The standard InChI is InChI=1S/C12H8Cl3NO2/c13-8-1-6(2-9(14)12(8)15)7-3-11(18)10(5-17)16-4-7/h1-4,17-18H,5H2. The van der Waals surface area contributed by atoms with Crippen molar-refractivity contribution in [2.45, 2.75) is 6.61 Å². The van der Waals surface area contributed by atoms with Gasteiger partial charge in [0, 0.05) is 11.8 Å². The number of aliphatic hydroxyl groups excluding tert-OH is 1. The number of aromatic hydroxyl groups is 1. The number of rotatable bonds is 2. The molecule has 0 atom stereocenters. The molecule has 0 radical (unpaired) electrons. The molecule has 3 nitrogen and oxygen atoms in total. The van der Waals surface area contributed by atoms with Gasteiger partial charge in [0.15, 0.2) is 0 Å². The molecular weight excluding hydrogens is 296 g/mol. The lowest BCUT2D eigenvalue weighted by molar-refractivity contribution is 0.270. The maximum absolute atomic E-state index is 9.63. The zero-order valence-corrected chi connectivity index (χ0v) is 11.3. The number of halogens is 3. The molecule has 0 saturated heterocycles. The Morgan fingerprint density at radius 2 is 1.61 bits per heavy atom. The molecule has 0 bridgehead atoms. The van der Waals surface area contributed by atoms with E-state index in [1.165, 1.54) is 12.3 Å². The first kappa shape index (κ1) is 13.4. The van der Waals surface area contributed by atoms with Crippen LogP contribution in [0, 0.1) is 0 Å². The van der Waals surface area contributed by atoms with Gasteiger partial charge in [0.05, 0.1) is 21.7 Å². The van der Waals surface area contributed by atoms with Crippen LogP contribution >= 0.6 is 34.8 Å². The van der Waals surface area contributed by atoms with Crippen molar-refractivity contribution in [2.24, 2.45) is 0 Å². The molecule has 0 spiro atoms. The third-order valence-electron chi connectivity index (χ3n) is 2.41. The summed E-state index contributed by atoms with van der Waals surface area (Å²) in [6.45, 7) is -0.325. The van der Waals surface area contributed by atoms with E-state index in [1.54, 1.807) is 12.1 Å². The number of aromatic nitrogens is 1. The van der Waals surface area contributed by atoms with Crippen LogP contribution in [-0.4, -0.2) is 15.2 Å². The fourth-order valence-electron chi connectivity index (χ4n) is 1.48. The van der Waals surface area contributed by atoms with E-state index in [0.717, 1.165) is 0 Å². The van der Waals surface area contributed by atoms with Gasteiger partial charge in [-0.25, -0.2) is 0 Å². The molecule has 2 rings (SSSR count). The largest absolute Gasteiger partial charge is 0.506 e. The summed E-state index contributed by atoms with van der Waals surface area (Å²) in [4.78, 5) is 3.94. The van der Waals surface area contributed by atoms with Gasteiger partial charge in [0.25, 0.3) is 0 Å². The SMILES string of the molecule is OCc1ncc(-c2cc(Cl)c(Cl)c(Cl)c2)cc1O. The van der Waals surface area contributed by atoms with E-state index in [1.807, 2.05) is 0 Å². The Hall–Kier alpha value is -1.00. The Bertz CT molecular complexity index is 579. The molecule has 0 fully saturated rings. The highest BCUT2D eigenvalue weighted by atomic mass is 35.5. The van der Waals surface area contributed by atoms with Gasteiger partial charge in [-0.2, -0.15) is 0 Å². The first-order valence-electron chi connectivity index (χ1n) is 4.96. The number of aliphatic hydroxyl groups is 1. The zero-order chi connectivity index (χ0) is 13.3. The molecule has 1 aromatic carbocycles. The Labute approximate surface area is 119 Å². The van der Waals surface area contributed by atoms with Crippen LogP contribution in [0.5, 0.6) is 5.75 Å². The highest BCUT2D eigenvalue weighted by Gasteiger charge is 2.10. The second-order valence-electron chi connectivity index (χ2n) is 3.60. The van der Waals surface area contributed by atoms with Crippen LogP contribution < -0.4 is 0 Å². The van der Waals surface area contributed by atoms with Crippen molar-refractivity contribution >= 4 is 34.8 Å². The lowest BCUT2D eigenvalue weighted by Gasteiger charge is -2.07. The minimum absolute atomic E-state index is 0.0859. The maximum atomic E-state index is 9.63. The van der Waals surface area contributed by atoms with Crippen LogP contribution in [0.25, 0.3) is 11.1 Å². The Morgan fingerprint density at radius 1 is 1.00 bits per heavy atom. The summed E-state index contributed by atoms with van der Waals surface area (Å²) in [5.74, 6) is -0.0859. The average Bonchev–Trinajstić information content (AvgIpc) is 2.35. The molecule has 0 unspecified atom stereocenters. The molecule has 0 amide bonds. The van der Waals surface area contributed by atoms with Crippen LogP contribution in [0.1, 0.15) is 5.69 Å². The van der Waals surface area contributed by atoms with Crippen molar-refractivity contribution in [1.29, 1.82) is 0 Å². The highest BCUT2D eigenvalue weighted by molar-refractivity contribution is 6.48. The summed E-state index contributed by atoms with van der Waals surface area (Å²) in [5.41, 5.74) is 1.52. The first-order valence-corrected chi connectivity index (χ1v) is 6.10. The molecule has 2 aromatic rings. The summed E-state index contributed by atoms with van der Waals surface area (Å²) in [6, 6.07) is 4.74. The van der Waals surface area contributed by atoms with Crippen molar-refractivity contribution in [1.82, 2.24) is 4.98 Å². The summed E-state index contributed by atoms with van der Waals surface area (Å²) >= 11 is 17.7. The van der Waals surface area contributed by atoms with E-state index in [-0.39, 0.29) is 23.1 Å². The minimum Gasteiger partial charge on any atom is -0.506 e. The lowest BCUT2D eigenvalue weighted by Crippen LogP contribution is -1.90. The quantitative estimate of drug-likeness (QED) is 0.827. The highest BCUT2D eigenvalue weighted by Crippen LogP contribution is 2.35. The maximum Gasteiger partial charge on any atom is 0.140 e. The van der Waals surface area contributed by atoms with E-state index < -0.39 is 0 Å². The topological polar surface area (TPSA) is 53.4 Å². The average molecular weight is 305 g/mol. The molecule has 0 aliphatic rings. The van der Waals surface area contributed by atoms with Gasteiger partial charge in [0.2, 0.25) is 0 Å². The predicted octanol–water partition coefficient (Wildman–Crippen LogP) is 3.91. The third kappa shape index (κ3) is 2.54. The Balaban J connectivity index is 2.52. The van der Waals surface area contributed by atoms with E-state index >= 15 is 0 Å². The van der Waals surface area contributed by atoms with E-state index in [9.17, 15) is 5.11 Å². The van der Waals surface area contributed by atoms with E-state index in [0.29, 0.717) is 21.2 Å². The van der Waals surface area contributed by atoms with Gasteiger partial charge in [-0.15, -0.1) is 0 Å². The molecule has 0 aliphatic heterocycles. The number of nitrogens with zero attached hydrogens (tertiary/aromatic N) is 1. The fourth-order valence-corrected chi connectivity index (χ4v) is 2.08. The van der Waals surface area contributed by atoms with Gasteiger partial charge in [0.1, 0.15) is 11.4 Å². The lowest BCUT2D eigenvalue weighted by atomic mass is 10.1. The molecule has 0 saturated carbocycles. The van der Waals surface area contributed by atoms with Crippen LogP contribution in [-0.2, 0) is 6.61 Å². The fraction of sp³-hybridized carbons (Fsp3) is 0.0833. The summed E-state index contributed by atoms with van der Waals surface area (Å²) in [7, 11) is 0. The monoisotopic (exact) mass is 303 g/mol. The first-order chi connectivity index (χ1) is 8.52. The molecule has 2 N–H and O–H groups in total. The number of hydrogen-bond acceptors (Lipinski definition) is 3.